The van der Waals surface area contributed by atoms with E-state index in [1.54, 1.807) is 18.3 Å². The minimum absolute atomic E-state index is 0.186. The minimum Gasteiger partial charge on any atom is -0.486 e. The molecule has 1 aliphatic heterocycles. The highest BCUT2D eigenvalue weighted by molar-refractivity contribution is 9.10. The molecule has 0 unspecified atom stereocenters. The Morgan fingerprint density at radius 2 is 1.93 bits per heavy atom. The third-order valence-electron chi connectivity index (χ3n) is 3.95. The van der Waals surface area contributed by atoms with E-state index in [1.165, 1.54) is 11.8 Å². The second kappa shape index (κ2) is 8.46. The van der Waals surface area contributed by atoms with Crippen molar-refractivity contribution in [2.75, 3.05) is 24.3 Å². The van der Waals surface area contributed by atoms with E-state index in [0.29, 0.717) is 35.4 Å². The molecule has 144 valence electrons. The zero-order chi connectivity index (χ0) is 19.5. The fraction of sp³-hybridized carbons (Fsp3) is 0.158. The van der Waals surface area contributed by atoms with Crippen LogP contribution < -0.4 is 14.8 Å². The van der Waals surface area contributed by atoms with E-state index >= 15 is 0 Å². The molecule has 2 aromatic carbocycles. The summed E-state index contributed by atoms with van der Waals surface area (Å²) < 4.78 is 14.0. The van der Waals surface area contributed by atoms with E-state index < -0.39 is 0 Å². The number of fused-ring (bicyclic) bond motifs is 1. The molecule has 1 aromatic heterocycles. The summed E-state index contributed by atoms with van der Waals surface area (Å²) >= 11 is 11.0. The molecule has 0 bridgehead atoms. The predicted molar refractivity (Wildman–Crippen MR) is 113 cm³/mol. The van der Waals surface area contributed by atoms with Crippen LogP contribution in [0.25, 0.3) is 5.69 Å². The number of anilines is 1. The fourth-order valence-electron chi connectivity index (χ4n) is 2.67. The molecule has 28 heavy (non-hydrogen) atoms. The Morgan fingerprint density at radius 3 is 2.68 bits per heavy atom. The minimum atomic E-state index is -0.186. The lowest BCUT2D eigenvalue weighted by Gasteiger charge is -2.20. The molecule has 4 rings (SSSR count). The number of thioether (sulfide) groups is 1. The standard InChI is InChI=1S/C19H15BrClN3O3S/c20-12-1-3-13(4-2-12)24-6-5-22-19(24)28-11-18(25)23-15-10-17-16(9-14(15)21)26-7-8-27-17/h1-6,9-10H,7-8,11H2,(H,23,25). The molecular formula is C19H15BrClN3O3S. The largest absolute Gasteiger partial charge is 0.486 e. The van der Waals surface area contributed by atoms with E-state index in [9.17, 15) is 4.79 Å². The van der Waals surface area contributed by atoms with Gasteiger partial charge in [0.05, 0.1) is 16.5 Å². The van der Waals surface area contributed by atoms with Crippen molar-refractivity contribution in [3.63, 3.8) is 0 Å². The van der Waals surface area contributed by atoms with E-state index in [1.807, 2.05) is 35.0 Å². The molecular weight excluding hydrogens is 466 g/mol. The van der Waals surface area contributed by atoms with Gasteiger partial charge in [-0.3, -0.25) is 9.36 Å². The van der Waals surface area contributed by atoms with Gasteiger partial charge in [0.25, 0.3) is 0 Å². The Hall–Kier alpha value is -2.16. The van der Waals surface area contributed by atoms with Crippen molar-refractivity contribution in [1.29, 1.82) is 0 Å². The Balaban J connectivity index is 1.42. The average molecular weight is 481 g/mol. The number of ether oxygens (including phenoxy) is 2. The number of amides is 1. The number of aromatic nitrogens is 2. The monoisotopic (exact) mass is 479 g/mol. The van der Waals surface area contributed by atoms with Crippen molar-refractivity contribution in [1.82, 2.24) is 9.55 Å². The van der Waals surface area contributed by atoms with Gasteiger partial charge in [0.1, 0.15) is 13.2 Å². The van der Waals surface area contributed by atoms with E-state index in [2.05, 4.69) is 26.2 Å². The molecule has 0 fully saturated rings. The maximum absolute atomic E-state index is 12.4. The quantitative estimate of drug-likeness (QED) is 0.532. The first-order chi connectivity index (χ1) is 13.6. The molecule has 6 nitrogen and oxygen atoms in total. The van der Waals surface area contributed by atoms with Crippen LogP contribution in [0.3, 0.4) is 0 Å². The second-order valence-corrected chi connectivity index (χ2v) is 8.13. The molecule has 0 saturated heterocycles. The van der Waals surface area contributed by atoms with Crippen molar-refractivity contribution >= 4 is 50.9 Å². The molecule has 3 aromatic rings. The summed E-state index contributed by atoms with van der Waals surface area (Å²) in [6.07, 6.45) is 3.57. The van der Waals surface area contributed by atoms with Gasteiger partial charge in [-0.2, -0.15) is 0 Å². The van der Waals surface area contributed by atoms with Gasteiger partial charge in [0.15, 0.2) is 16.7 Å². The SMILES string of the molecule is O=C(CSc1nccn1-c1ccc(Br)cc1)Nc1cc2c(cc1Cl)OCCO2. The molecule has 2 heterocycles. The summed E-state index contributed by atoms with van der Waals surface area (Å²) in [4.78, 5) is 16.8. The number of imidazole rings is 1. The van der Waals surface area contributed by atoms with Gasteiger partial charge < -0.3 is 14.8 Å². The van der Waals surface area contributed by atoms with Crippen LogP contribution in [0.1, 0.15) is 0 Å². The number of benzene rings is 2. The van der Waals surface area contributed by atoms with E-state index in [-0.39, 0.29) is 11.7 Å². The highest BCUT2D eigenvalue weighted by atomic mass is 79.9. The van der Waals surface area contributed by atoms with Gasteiger partial charge in [-0.05, 0) is 24.3 Å². The van der Waals surface area contributed by atoms with Crippen molar-refractivity contribution in [3.05, 3.63) is 58.3 Å². The Morgan fingerprint density at radius 1 is 1.21 bits per heavy atom. The Kier molecular flexibility index (Phi) is 5.79. The van der Waals surface area contributed by atoms with Gasteiger partial charge in [0, 0.05) is 34.7 Å². The maximum Gasteiger partial charge on any atom is 0.234 e. The highest BCUT2D eigenvalue weighted by Crippen LogP contribution is 2.38. The molecule has 0 atom stereocenters. The van der Waals surface area contributed by atoms with Crippen molar-refractivity contribution in [3.8, 4) is 17.2 Å². The number of carbonyl (C=O) groups excluding carboxylic acids is 1. The van der Waals surface area contributed by atoms with Crippen molar-refractivity contribution in [2.24, 2.45) is 0 Å². The molecule has 1 aliphatic rings. The molecule has 0 aliphatic carbocycles. The van der Waals surface area contributed by atoms with Gasteiger partial charge in [0.2, 0.25) is 5.91 Å². The Bertz CT molecular complexity index is 1010. The van der Waals surface area contributed by atoms with Gasteiger partial charge >= 0.3 is 0 Å². The smallest absolute Gasteiger partial charge is 0.234 e. The second-order valence-electron chi connectivity index (χ2n) is 5.87. The first kappa shape index (κ1) is 19.2. The third-order valence-corrected chi connectivity index (χ3v) is 5.76. The lowest BCUT2D eigenvalue weighted by atomic mass is 10.2. The topological polar surface area (TPSA) is 65.4 Å². The first-order valence-electron chi connectivity index (χ1n) is 8.41. The Labute approximate surface area is 179 Å². The molecule has 1 N–H and O–H groups in total. The van der Waals surface area contributed by atoms with Crippen LogP contribution in [0.2, 0.25) is 5.02 Å². The number of rotatable bonds is 5. The van der Waals surface area contributed by atoms with Crippen LogP contribution >= 0.6 is 39.3 Å². The normalized spacial score (nSPS) is 12.6. The van der Waals surface area contributed by atoms with Gasteiger partial charge in [-0.25, -0.2) is 4.98 Å². The summed E-state index contributed by atoms with van der Waals surface area (Å²) in [6, 6.07) is 11.2. The number of halogens is 2. The van der Waals surface area contributed by atoms with Gasteiger partial charge in [-0.15, -0.1) is 0 Å². The lowest BCUT2D eigenvalue weighted by Crippen LogP contribution is -2.17. The third kappa shape index (κ3) is 4.29. The van der Waals surface area contributed by atoms with Crippen LogP contribution in [-0.4, -0.2) is 34.4 Å². The number of nitrogens with one attached hydrogen (secondary N) is 1. The molecule has 1 amide bonds. The number of hydrogen-bond donors (Lipinski definition) is 1. The van der Waals surface area contributed by atoms with Gasteiger partial charge in [-0.1, -0.05) is 39.3 Å². The van der Waals surface area contributed by atoms with Crippen LogP contribution in [0.15, 0.2) is 58.4 Å². The number of hydrogen-bond acceptors (Lipinski definition) is 5. The summed E-state index contributed by atoms with van der Waals surface area (Å²) in [5.41, 5.74) is 1.46. The summed E-state index contributed by atoms with van der Waals surface area (Å²) in [6.45, 7) is 0.952. The lowest BCUT2D eigenvalue weighted by molar-refractivity contribution is -0.113. The summed E-state index contributed by atoms with van der Waals surface area (Å²) in [5.74, 6) is 1.16. The van der Waals surface area contributed by atoms with Crippen LogP contribution in [-0.2, 0) is 4.79 Å². The van der Waals surface area contributed by atoms with Crippen LogP contribution in [0.5, 0.6) is 11.5 Å². The molecule has 0 radical (unpaired) electrons. The summed E-state index contributed by atoms with van der Waals surface area (Å²) in [5, 5.41) is 3.95. The van der Waals surface area contributed by atoms with Crippen molar-refractivity contribution in [2.45, 2.75) is 5.16 Å². The first-order valence-corrected chi connectivity index (χ1v) is 10.6. The van der Waals surface area contributed by atoms with E-state index in [0.717, 1.165) is 15.3 Å². The zero-order valence-electron chi connectivity index (χ0n) is 14.5. The maximum atomic E-state index is 12.4. The summed E-state index contributed by atoms with van der Waals surface area (Å²) in [7, 11) is 0. The zero-order valence-corrected chi connectivity index (χ0v) is 17.7. The fourth-order valence-corrected chi connectivity index (χ4v) is 3.91. The number of carbonyl (C=O) groups is 1. The predicted octanol–water partition coefficient (Wildman–Crippen LogP) is 4.79. The average Bonchev–Trinajstić information content (AvgIpc) is 3.16. The van der Waals surface area contributed by atoms with E-state index in [4.69, 9.17) is 21.1 Å². The highest BCUT2D eigenvalue weighted by Gasteiger charge is 2.17. The van der Waals surface area contributed by atoms with Crippen molar-refractivity contribution < 1.29 is 14.3 Å². The molecule has 0 saturated carbocycles. The van der Waals surface area contributed by atoms with Crippen LogP contribution in [0, 0.1) is 0 Å². The van der Waals surface area contributed by atoms with Crippen LogP contribution in [0.4, 0.5) is 5.69 Å². The molecule has 9 heteroatoms. The number of nitrogens with zero attached hydrogens (tertiary/aromatic N) is 2. The molecule has 0 spiro atoms.